The van der Waals surface area contributed by atoms with E-state index in [1.165, 1.54) is 6.07 Å². The summed E-state index contributed by atoms with van der Waals surface area (Å²) in [6, 6.07) is 12.7. The first-order valence-corrected chi connectivity index (χ1v) is 7.32. The van der Waals surface area contributed by atoms with Crippen LogP contribution in [0.25, 0.3) is 0 Å². The van der Waals surface area contributed by atoms with E-state index in [1.807, 2.05) is 38.1 Å². The molecule has 2 aromatic rings. The minimum atomic E-state index is -2.81. The Hall–Kier alpha value is -1.62. The van der Waals surface area contributed by atoms with Gasteiger partial charge in [-0.3, -0.25) is 0 Å². The molecule has 1 atom stereocenters. The van der Waals surface area contributed by atoms with Crippen LogP contribution in [0.2, 0.25) is 0 Å². The molecule has 1 unspecified atom stereocenters. The van der Waals surface area contributed by atoms with Gasteiger partial charge in [0.05, 0.1) is 0 Å². The van der Waals surface area contributed by atoms with Gasteiger partial charge in [-0.15, -0.1) is 0 Å². The Morgan fingerprint density at radius 2 is 1.90 bits per heavy atom. The molecule has 0 radical (unpaired) electrons. The van der Waals surface area contributed by atoms with Gasteiger partial charge in [0.15, 0.2) is 0 Å². The van der Waals surface area contributed by atoms with E-state index in [9.17, 15) is 8.78 Å². The second kappa shape index (κ2) is 6.89. The molecule has 2 nitrogen and oxygen atoms in total. The standard InChI is InChI=1S/C16H16BrF2NO/c1-10-6-7-14(17)15(8-10)20-11(2)12-4-3-5-13(9-12)21-16(18)19/h3-9,11,16,20H,1-2H3. The molecule has 21 heavy (non-hydrogen) atoms. The van der Waals surface area contributed by atoms with Crippen molar-refractivity contribution in [2.75, 3.05) is 5.32 Å². The van der Waals surface area contributed by atoms with Crippen LogP contribution in [0.15, 0.2) is 46.9 Å². The maximum absolute atomic E-state index is 12.3. The lowest BCUT2D eigenvalue weighted by molar-refractivity contribution is -0.0498. The minimum absolute atomic E-state index is 0.0377. The van der Waals surface area contributed by atoms with Crippen molar-refractivity contribution in [2.45, 2.75) is 26.5 Å². The van der Waals surface area contributed by atoms with E-state index < -0.39 is 6.61 Å². The molecule has 0 bridgehead atoms. The predicted molar refractivity (Wildman–Crippen MR) is 84.0 cm³/mol. The number of hydrogen-bond acceptors (Lipinski definition) is 2. The van der Waals surface area contributed by atoms with Gasteiger partial charge >= 0.3 is 6.61 Å². The van der Waals surface area contributed by atoms with Gasteiger partial charge < -0.3 is 10.1 Å². The zero-order chi connectivity index (χ0) is 15.4. The van der Waals surface area contributed by atoms with Crippen molar-refractivity contribution in [2.24, 2.45) is 0 Å². The highest BCUT2D eigenvalue weighted by Crippen LogP contribution is 2.28. The first-order chi connectivity index (χ1) is 9.95. The fourth-order valence-corrected chi connectivity index (χ4v) is 2.39. The lowest BCUT2D eigenvalue weighted by Crippen LogP contribution is -2.08. The zero-order valence-electron chi connectivity index (χ0n) is 11.7. The molecule has 2 rings (SSSR count). The molecule has 112 valence electrons. The molecule has 0 aromatic heterocycles. The van der Waals surface area contributed by atoms with E-state index in [2.05, 4.69) is 26.0 Å². The van der Waals surface area contributed by atoms with E-state index in [1.54, 1.807) is 12.1 Å². The molecule has 0 fully saturated rings. The Morgan fingerprint density at radius 1 is 1.14 bits per heavy atom. The zero-order valence-corrected chi connectivity index (χ0v) is 13.3. The number of aryl methyl sites for hydroxylation is 1. The molecule has 0 aliphatic carbocycles. The van der Waals surface area contributed by atoms with Gasteiger partial charge in [0.2, 0.25) is 0 Å². The van der Waals surface area contributed by atoms with Crippen molar-refractivity contribution in [3.8, 4) is 5.75 Å². The third-order valence-electron chi connectivity index (χ3n) is 3.08. The van der Waals surface area contributed by atoms with E-state index in [0.717, 1.165) is 21.3 Å². The summed E-state index contributed by atoms with van der Waals surface area (Å²) in [5.41, 5.74) is 2.98. The quantitative estimate of drug-likeness (QED) is 0.760. The average molecular weight is 356 g/mol. The molecule has 0 saturated heterocycles. The van der Waals surface area contributed by atoms with Crippen molar-refractivity contribution in [1.82, 2.24) is 0 Å². The van der Waals surface area contributed by atoms with Crippen LogP contribution in [0.1, 0.15) is 24.1 Å². The molecule has 0 spiro atoms. The largest absolute Gasteiger partial charge is 0.435 e. The normalized spacial score (nSPS) is 12.3. The summed E-state index contributed by atoms with van der Waals surface area (Å²) in [6.07, 6.45) is 0. The summed E-state index contributed by atoms with van der Waals surface area (Å²) in [5.74, 6) is 0.166. The molecule has 0 amide bonds. The highest BCUT2D eigenvalue weighted by molar-refractivity contribution is 9.10. The van der Waals surface area contributed by atoms with E-state index in [-0.39, 0.29) is 11.8 Å². The number of alkyl halides is 2. The highest BCUT2D eigenvalue weighted by atomic mass is 79.9. The van der Waals surface area contributed by atoms with Gasteiger partial charge in [0.25, 0.3) is 0 Å². The third-order valence-corrected chi connectivity index (χ3v) is 3.77. The Labute approximate surface area is 131 Å². The van der Waals surface area contributed by atoms with Crippen molar-refractivity contribution in [3.63, 3.8) is 0 Å². The summed E-state index contributed by atoms with van der Waals surface area (Å²) >= 11 is 3.49. The third kappa shape index (κ3) is 4.43. The highest BCUT2D eigenvalue weighted by Gasteiger charge is 2.10. The number of rotatable bonds is 5. The fraction of sp³-hybridized carbons (Fsp3) is 0.250. The van der Waals surface area contributed by atoms with Crippen LogP contribution in [0.3, 0.4) is 0 Å². The molecule has 1 N–H and O–H groups in total. The van der Waals surface area contributed by atoms with Crippen LogP contribution in [-0.2, 0) is 0 Å². The van der Waals surface area contributed by atoms with Gasteiger partial charge in [-0.2, -0.15) is 8.78 Å². The molecule has 2 aromatic carbocycles. The van der Waals surface area contributed by atoms with Gasteiger partial charge in [-0.25, -0.2) is 0 Å². The fourth-order valence-electron chi connectivity index (χ4n) is 2.03. The molecular formula is C16H16BrF2NO. The number of benzene rings is 2. The molecular weight excluding hydrogens is 340 g/mol. The van der Waals surface area contributed by atoms with Crippen molar-refractivity contribution < 1.29 is 13.5 Å². The summed E-state index contributed by atoms with van der Waals surface area (Å²) in [5, 5.41) is 3.36. The van der Waals surface area contributed by atoms with Gasteiger partial charge in [-0.05, 0) is 65.2 Å². The SMILES string of the molecule is Cc1ccc(Br)c(NC(C)c2cccc(OC(F)F)c2)c1. The molecule has 0 saturated carbocycles. The summed E-state index contributed by atoms with van der Waals surface area (Å²) in [7, 11) is 0. The Balaban J connectivity index is 2.16. The molecule has 5 heteroatoms. The Kier molecular flexibility index (Phi) is 5.17. The predicted octanol–water partition coefficient (Wildman–Crippen LogP) is 5.53. The lowest BCUT2D eigenvalue weighted by atomic mass is 10.1. The minimum Gasteiger partial charge on any atom is -0.435 e. The maximum Gasteiger partial charge on any atom is 0.387 e. The summed E-state index contributed by atoms with van der Waals surface area (Å²) < 4.78 is 29.9. The van der Waals surface area contributed by atoms with Crippen LogP contribution in [0.5, 0.6) is 5.75 Å². The van der Waals surface area contributed by atoms with Crippen LogP contribution in [0, 0.1) is 6.92 Å². The van der Waals surface area contributed by atoms with Gasteiger partial charge in [-0.1, -0.05) is 18.2 Å². The second-order valence-corrected chi connectivity index (χ2v) is 5.65. The average Bonchev–Trinajstić information content (AvgIpc) is 2.42. The smallest absolute Gasteiger partial charge is 0.387 e. The summed E-state index contributed by atoms with van der Waals surface area (Å²) in [6.45, 7) is 1.17. The van der Waals surface area contributed by atoms with Crippen molar-refractivity contribution in [3.05, 3.63) is 58.1 Å². The van der Waals surface area contributed by atoms with Crippen LogP contribution < -0.4 is 10.1 Å². The maximum atomic E-state index is 12.3. The lowest BCUT2D eigenvalue weighted by Gasteiger charge is -2.18. The van der Waals surface area contributed by atoms with E-state index in [0.29, 0.717) is 0 Å². The Bertz CT molecular complexity index is 619. The Morgan fingerprint density at radius 3 is 2.62 bits per heavy atom. The van der Waals surface area contributed by atoms with E-state index >= 15 is 0 Å². The first kappa shape index (κ1) is 15.8. The topological polar surface area (TPSA) is 21.3 Å². The van der Waals surface area contributed by atoms with Gasteiger partial charge in [0, 0.05) is 16.2 Å². The number of anilines is 1. The number of halogens is 3. The van der Waals surface area contributed by atoms with Crippen LogP contribution >= 0.6 is 15.9 Å². The van der Waals surface area contributed by atoms with Crippen LogP contribution in [0.4, 0.5) is 14.5 Å². The van der Waals surface area contributed by atoms with Crippen molar-refractivity contribution >= 4 is 21.6 Å². The van der Waals surface area contributed by atoms with Gasteiger partial charge in [0.1, 0.15) is 5.75 Å². The second-order valence-electron chi connectivity index (χ2n) is 4.80. The molecule has 0 heterocycles. The number of ether oxygens (including phenoxy) is 1. The van der Waals surface area contributed by atoms with E-state index in [4.69, 9.17) is 0 Å². The molecule has 0 aliphatic rings. The van der Waals surface area contributed by atoms with Crippen LogP contribution in [-0.4, -0.2) is 6.61 Å². The number of nitrogens with one attached hydrogen (secondary N) is 1. The summed E-state index contributed by atoms with van der Waals surface area (Å²) in [4.78, 5) is 0. The monoisotopic (exact) mass is 355 g/mol. The van der Waals surface area contributed by atoms with Crippen molar-refractivity contribution in [1.29, 1.82) is 0 Å². The number of hydrogen-bond donors (Lipinski definition) is 1. The first-order valence-electron chi connectivity index (χ1n) is 6.53. The molecule has 0 aliphatic heterocycles.